The molecular formula is C13H22N2O3. The number of likely N-dealkylation sites (tertiary alicyclic amines) is 1. The van der Waals surface area contributed by atoms with Crippen LogP contribution in [0.25, 0.3) is 0 Å². The van der Waals surface area contributed by atoms with Gasteiger partial charge in [0.1, 0.15) is 0 Å². The third-order valence-electron chi connectivity index (χ3n) is 4.33. The summed E-state index contributed by atoms with van der Waals surface area (Å²) in [7, 11) is 2.11. The molecule has 0 spiro atoms. The molecule has 1 amide bonds. The molecule has 0 aromatic heterocycles. The molecule has 0 aromatic rings. The van der Waals surface area contributed by atoms with E-state index < -0.39 is 11.9 Å². The lowest BCUT2D eigenvalue weighted by Crippen LogP contribution is -2.44. The second-order valence-electron chi connectivity index (χ2n) is 6.12. The summed E-state index contributed by atoms with van der Waals surface area (Å²) in [5, 5.41) is 11.7. The van der Waals surface area contributed by atoms with Crippen LogP contribution in [0.15, 0.2) is 0 Å². The first-order valence-electron chi connectivity index (χ1n) is 6.60. The summed E-state index contributed by atoms with van der Waals surface area (Å²) in [4.78, 5) is 24.8. The molecule has 0 bridgehead atoms. The van der Waals surface area contributed by atoms with Crippen LogP contribution in [-0.2, 0) is 9.59 Å². The molecule has 1 saturated carbocycles. The fourth-order valence-electron chi connectivity index (χ4n) is 2.52. The van der Waals surface area contributed by atoms with Crippen molar-refractivity contribution in [2.45, 2.75) is 26.2 Å². The van der Waals surface area contributed by atoms with Crippen LogP contribution in [0.1, 0.15) is 26.2 Å². The number of carboxylic acids is 1. The number of hydrogen-bond donors (Lipinski definition) is 2. The Morgan fingerprint density at radius 2 is 1.94 bits per heavy atom. The number of nitrogens with one attached hydrogen (secondary N) is 1. The highest BCUT2D eigenvalue weighted by molar-refractivity contribution is 5.89. The minimum absolute atomic E-state index is 0.0810. The number of rotatable bonds is 4. The lowest BCUT2D eigenvalue weighted by atomic mass is 9.80. The summed E-state index contributed by atoms with van der Waals surface area (Å²) in [6.07, 6.45) is 2.66. The molecule has 5 heteroatoms. The molecule has 1 heterocycles. The van der Waals surface area contributed by atoms with Gasteiger partial charge in [-0.15, -0.1) is 0 Å². The van der Waals surface area contributed by atoms with Crippen LogP contribution >= 0.6 is 0 Å². The van der Waals surface area contributed by atoms with Crippen LogP contribution in [0, 0.1) is 17.3 Å². The Morgan fingerprint density at radius 1 is 1.33 bits per heavy atom. The number of carboxylic acid groups (broad SMARTS) is 1. The lowest BCUT2D eigenvalue weighted by molar-refractivity contribution is -0.140. The van der Waals surface area contributed by atoms with Gasteiger partial charge < -0.3 is 15.3 Å². The first kappa shape index (κ1) is 13.3. The molecule has 102 valence electrons. The zero-order valence-corrected chi connectivity index (χ0v) is 11.1. The lowest BCUT2D eigenvalue weighted by Gasteiger charge is -2.38. The van der Waals surface area contributed by atoms with E-state index >= 15 is 0 Å². The van der Waals surface area contributed by atoms with Crippen molar-refractivity contribution in [1.29, 1.82) is 0 Å². The average molecular weight is 254 g/mol. The largest absolute Gasteiger partial charge is 0.481 e. The van der Waals surface area contributed by atoms with Gasteiger partial charge in [0.05, 0.1) is 11.8 Å². The van der Waals surface area contributed by atoms with Crippen LogP contribution in [0.2, 0.25) is 0 Å². The van der Waals surface area contributed by atoms with E-state index in [-0.39, 0.29) is 17.2 Å². The predicted molar refractivity (Wildman–Crippen MR) is 67.1 cm³/mol. The number of nitrogens with zero attached hydrogens (tertiary/aromatic N) is 1. The summed E-state index contributed by atoms with van der Waals surface area (Å²) in [5.41, 5.74) is 0.162. The van der Waals surface area contributed by atoms with Gasteiger partial charge in [0.15, 0.2) is 0 Å². The molecule has 1 aliphatic heterocycles. The molecule has 18 heavy (non-hydrogen) atoms. The molecule has 2 fully saturated rings. The molecule has 5 nitrogen and oxygen atoms in total. The maximum Gasteiger partial charge on any atom is 0.307 e. The predicted octanol–water partition coefficient (Wildman–Crippen LogP) is 0.555. The molecule has 0 unspecified atom stereocenters. The molecule has 2 aliphatic rings. The topological polar surface area (TPSA) is 69.6 Å². The maximum atomic E-state index is 11.8. The highest BCUT2D eigenvalue weighted by Gasteiger charge is 2.48. The van der Waals surface area contributed by atoms with Gasteiger partial charge in [-0.1, -0.05) is 6.92 Å². The average Bonchev–Trinajstić information content (AvgIpc) is 3.11. The highest BCUT2D eigenvalue weighted by atomic mass is 16.4. The summed E-state index contributed by atoms with van der Waals surface area (Å²) < 4.78 is 0. The first-order chi connectivity index (χ1) is 8.41. The van der Waals surface area contributed by atoms with Gasteiger partial charge >= 0.3 is 5.97 Å². The van der Waals surface area contributed by atoms with Gasteiger partial charge in [0.2, 0.25) is 5.91 Å². The Morgan fingerprint density at radius 3 is 2.44 bits per heavy atom. The van der Waals surface area contributed by atoms with Gasteiger partial charge in [-0.2, -0.15) is 0 Å². The molecule has 2 N–H and O–H groups in total. The van der Waals surface area contributed by atoms with Gasteiger partial charge in [-0.25, -0.2) is 0 Å². The van der Waals surface area contributed by atoms with Crippen molar-refractivity contribution < 1.29 is 14.7 Å². The van der Waals surface area contributed by atoms with Crippen LogP contribution in [-0.4, -0.2) is 48.6 Å². The van der Waals surface area contributed by atoms with E-state index in [0.29, 0.717) is 13.0 Å². The fourth-order valence-corrected chi connectivity index (χ4v) is 2.52. The molecule has 2 atom stereocenters. The summed E-state index contributed by atoms with van der Waals surface area (Å²) in [5.74, 6) is -1.67. The third-order valence-corrected chi connectivity index (χ3v) is 4.33. The van der Waals surface area contributed by atoms with Gasteiger partial charge in [-0.3, -0.25) is 9.59 Å². The van der Waals surface area contributed by atoms with Crippen molar-refractivity contribution in [2.75, 3.05) is 26.7 Å². The van der Waals surface area contributed by atoms with E-state index in [1.54, 1.807) is 0 Å². The quantitative estimate of drug-likeness (QED) is 0.769. The molecular weight excluding hydrogens is 232 g/mol. The number of carbonyl (C=O) groups is 2. The Bertz CT molecular complexity index is 348. The molecule has 1 saturated heterocycles. The van der Waals surface area contributed by atoms with Crippen LogP contribution in [0.5, 0.6) is 0 Å². The zero-order valence-electron chi connectivity index (χ0n) is 11.1. The number of amides is 1. The smallest absolute Gasteiger partial charge is 0.307 e. The van der Waals surface area contributed by atoms with Crippen molar-refractivity contribution in [2.24, 2.45) is 17.3 Å². The summed E-state index contributed by atoms with van der Waals surface area (Å²) in [6, 6.07) is 0. The molecule has 1 aliphatic carbocycles. The number of carbonyl (C=O) groups excluding carboxylic acids is 1. The molecule has 0 aromatic carbocycles. The normalized spacial score (nSPS) is 30.8. The number of hydrogen-bond acceptors (Lipinski definition) is 3. The van der Waals surface area contributed by atoms with Gasteiger partial charge in [0.25, 0.3) is 0 Å². The van der Waals surface area contributed by atoms with Gasteiger partial charge in [-0.05, 0) is 44.8 Å². The van der Waals surface area contributed by atoms with E-state index in [4.69, 9.17) is 5.11 Å². The van der Waals surface area contributed by atoms with E-state index in [2.05, 4.69) is 24.2 Å². The standard InChI is InChI=1S/C13H22N2O3/c1-13(3-5-15(2)6-4-13)8-14-11(16)9-7-10(9)12(17)18/h9-10H,3-8H2,1-2H3,(H,14,16)(H,17,18)/t9-,10+/m1/s1. The van der Waals surface area contributed by atoms with E-state index in [1.807, 2.05) is 0 Å². The monoisotopic (exact) mass is 254 g/mol. The van der Waals surface area contributed by atoms with Crippen LogP contribution < -0.4 is 5.32 Å². The zero-order chi connectivity index (χ0) is 13.3. The maximum absolute atomic E-state index is 11.8. The molecule has 2 rings (SSSR count). The SMILES string of the molecule is CN1CCC(C)(CNC(=O)[C@@H]2C[C@@H]2C(=O)O)CC1. The summed E-state index contributed by atoms with van der Waals surface area (Å²) >= 11 is 0. The number of piperidine rings is 1. The van der Waals surface area contributed by atoms with E-state index in [0.717, 1.165) is 25.9 Å². The van der Waals surface area contributed by atoms with Crippen molar-refractivity contribution in [3.63, 3.8) is 0 Å². The van der Waals surface area contributed by atoms with Crippen molar-refractivity contribution in [3.8, 4) is 0 Å². The fraction of sp³-hybridized carbons (Fsp3) is 0.846. The van der Waals surface area contributed by atoms with E-state index in [1.165, 1.54) is 0 Å². The van der Waals surface area contributed by atoms with Crippen LogP contribution in [0.4, 0.5) is 0 Å². The second kappa shape index (κ2) is 4.88. The number of aliphatic carboxylic acids is 1. The summed E-state index contributed by atoms with van der Waals surface area (Å²) in [6.45, 7) is 4.99. The van der Waals surface area contributed by atoms with Crippen molar-refractivity contribution >= 4 is 11.9 Å². The van der Waals surface area contributed by atoms with Gasteiger partial charge in [0, 0.05) is 6.54 Å². The second-order valence-corrected chi connectivity index (χ2v) is 6.12. The Hall–Kier alpha value is -1.10. The van der Waals surface area contributed by atoms with Crippen LogP contribution in [0.3, 0.4) is 0 Å². The Balaban J connectivity index is 1.75. The minimum atomic E-state index is -0.847. The van der Waals surface area contributed by atoms with Crippen molar-refractivity contribution in [3.05, 3.63) is 0 Å². The van der Waals surface area contributed by atoms with E-state index in [9.17, 15) is 9.59 Å². The highest BCUT2D eigenvalue weighted by Crippen LogP contribution is 2.39. The molecule has 0 radical (unpaired) electrons. The third kappa shape index (κ3) is 3.02. The van der Waals surface area contributed by atoms with Crippen molar-refractivity contribution in [1.82, 2.24) is 10.2 Å². The Kier molecular flexibility index (Phi) is 3.61. The first-order valence-corrected chi connectivity index (χ1v) is 6.60. The minimum Gasteiger partial charge on any atom is -0.481 e. The Labute approximate surface area is 108 Å².